The fourth-order valence-electron chi connectivity index (χ4n) is 1.84. The SMILES string of the molecule is CCc1ccc(C(C)NCc2nncn2CC)s1. The Balaban J connectivity index is 1.93. The molecule has 0 aromatic carbocycles. The molecule has 0 aliphatic heterocycles. The van der Waals surface area contributed by atoms with Gasteiger partial charge in [-0.2, -0.15) is 0 Å². The topological polar surface area (TPSA) is 42.7 Å². The van der Waals surface area contributed by atoms with E-state index in [4.69, 9.17) is 0 Å². The Bertz CT molecular complexity index is 489. The Morgan fingerprint density at radius 2 is 2.22 bits per heavy atom. The van der Waals surface area contributed by atoms with Gasteiger partial charge in [0.25, 0.3) is 0 Å². The van der Waals surface area contributed by atoms with Gasteiger partial charge < -0.3 is 9.88 Å². The number of hydrogen-bond acceptors (Lipinski definition) is 4. The molecule has 0 amide bonds. The van der Waals surface area contributed by atoms with Crippen LogP contribution in [-0.2, 0) is 19.5 Å². The zero-order chi connectivity index (χ0) is 13.0. The Hall–Kier alpha value is -1.20. The first-order valence-electron chi connectivity index (χ1n) is 6.43. The van der Waals surface area contributed by atoms with Gasteiger partial charge in [-0.05, 0) is 32.4 Å². The molecular formula is C13H20N4S. The molecule has 0 aliphatic carbocycles. The number of thiophene rings is 1. The summed E-state index contributed by atoms with van der Waals surface area (Å²) in [6.45, 7) is 8.16. The highest BCUT2D eigenvalue weighted by Gasteiger charge is 2.09. The van der Waals surface area contributed by atoms with Crippen LogP contribution in [0.25, 0.3) is 0 Å². The predicted molar refractivity (Wildman–Crippen MR) is 74.6 cm³/mol. The van der Waals surface area contributed by atoms with Crippen LogP contribution in [0.15, 0.2) is 18.5 Å². The first-order valence-corrected chi connectivity index (χ1v) is 7.24. The minimum Gasteiger partial charge on any atom is -0.317 e. The number of aromatic nitrogens is 3. The van der Waals surface area contributed by atoms with E-state index in [1.807, 2.05) is 11.3 Å². The molecule has 0 spiro atoms. The highest BCUT2D eigenvalue weighted by Crippen LogP contribution is 2.23. The first kappa shape index (κ1) is 13.2. The van der Waals surface area contributed by atoms with Gasteiger partial charge in [-0.15, -0.1) is 21.5 Å². The molecule has 0 aliphatic rings. The van der Waals surface area contributed by atoms with Crippen LogP contribution in [0.2, 0.25) is 0 Å². The van der Waals surface area contributed by atoms with Crippen LogP contribution in [-0.4, -0.2) is 14.8 Å². The van der Waals surface area contributed by atoms with E-state index < -0.39 is 0 Å². The van der Waals surface area contributed by atoms with E-state index in [1.165, 1.54) is 9.75 Å². The van der Waals surface area contributed by atoms with Gasteiger partial charge in [0.05, 0.1) is 6.54 Å². The summed E-state index contributed by atoms with van der Waals surface area (Å²) in [7, 11) is 0. The Labute approximate surface area is 112 Å². The van der Waals surface area contributed by atoms with Crippen molar-refractivity contribution in [2.24, 2.45) is 0 Å². The lowest BCUT2D eigenvalue weighted by atomic mass is 10.2. The minimum absolute atomic E-state index is 0.359. The summed E-state index contributed by atoms with van der Waals surface area (Å²) < 4.78 is 2.06. The number of hydrogen-bond donors (Lipinski definition) is 1. The van der Waals surface area contributed by atoms with Crippen LogP contribution < -0.4 is 5.32 Å². The molecule has 0 saturated heterocycles. The van der Waals surface area contributed by atoms with E-state index in [0.717, 1.165) is 25.3 Å². The third kappa shape index (κ3) is 2.97. The highest BCUT2D eigenvalue weighted by atomic mass is 32.1. The van der Waals surface area contributed by atoms with E-state index in [-0.39, 0.29) is 0 Å². The van der Waals surface area contributed by atoms with Gasteiger partial charge in [-0.25, -0.2) is 0 Å². The lowest BCUT2D eigenvalue weighted by Crippen LogP contribution is -2.19. The molecule has 2 heterocycles. The minimum atomic E-state index is 0.359. The summed E-state index contributed by atoms with van der Waals surface area (Å²) in [4.78, 5) is 2.82. The van der Waals surface area contributed by atoms with Gasteiger partial charge in [0, 0.05) is 22.3 Å². The third-order valence-corrected chi connectivity index (χ3v) is 4.47. The van der Waals surface area contributed by atoms with Crippen molar-refractivity contribution >= 4 is 11.3 Å². The number of nitrogens with one attached hydrogen (secondary N) is 1. The molecule has 2 rings (SSSR count). The lowest BCUT2D eigenvalue weighted by Gasteiger charge is -2.12. The van der Waals surface area contributed by atoms with E-state index in [1.54, 1.807) is 6.33 Å². The summed E-state index contributed by atoms with van der Waals surface area (Å²) in [6, 6.07) is 4.79. The van der Waals surface area contributed by atoms with Gasteiger partial charge in [0.2, 0.25) is 0 Å². The van der Waals surface area contributed by atoms with Crippen molar-refractivity contribution in [2.45, 2.75) is 46.3 Å². The van der Waals surface area contributed by atoms with Crippen LogP contribution >= 0.6 is 11.3 Å². The number of aryl methyl sites for hydroxylation is 2. The van der Waals surface area contributed by atoms with Crippen molar-refractivity contribution in [2.75, 3.05) is 0 Å². The van der Waals surface area contributed by atoms with E-state index in [0.29, 0.717) is 6.04 Å². The Morgan fingerprint density at radius 1 is 1.39 bits per heavy atom. The molecule has 1 unspecified atom stereocenters. The lowest BCUT2D eigenvalue weighted by molar-refractivity contribution is 0.545. The molecule has 98 valence electrons. The highest BCUT2D eigenvalue weighted by molar-refractivity contribution is 7.12. The molecule has 0 bridgehead atoms. The van der Waals surface area contributed by atoms with Crippen LogP contribution in [0.1, 0.15) is 42.4 Å². The van der Waals surface area contributed by atoms with Gasteiger partial charge in [-0.1, -0.05) is 6.92 Å². The molecule has 1 atom stereocenters. The summed E-state index contributed by atoms with van der Waals surface area (Å²) in [5, 5.41) is 11.6. The summed E-state index contributed by atoms with van der Waals surface area (Å²) in [5.74, 6) is 0.997. The van der Waals surface area contributed by atoms with Gasteiger partial charge in [0.1, 0.15) is 12.2 Å². The Morgan fingerprint density at radius 3 is 2.89 bits per heavy atom. The van der Waals surface area contributed by atoms with Crippen LogP contribution in [0.4, 0.5) is 0 Å². The summed E-state index contributed by atoms with van der Waals surface area (Å²) in [5.41, 5.74) is 0. The number of rotatable bonds is 6. The number of nitrogens with zero attached hydrogens (tertiary/aromatic N) is 3. The normalized spacial score (nSPS) is 12.8. The standard InChI is InChI=1S/C13H20N4S/c1-4-11-6-7-12(18-11)10(3)14-8-13-16-15-9-17(13)5-2/h6-7,9-10,14H,4-5,8H2,1-3H3. The Kier molecular flexibility index (Phi) is 4.49. The molecule has 5 heteroatoms. The van der Waals surface area contributed by atoms with Gasteiger partial charge in [-0.3, -0.25) is 0 Å². The van der Waals surface area contributed by atoms with Gasteiger partial charge >= 0.3 is 0 Å². The molecule has 0 fully saturated rings. The average Bonchev–Trinajstić information content (AvgIpc) is 3.04. The predicted octanol–water partition coefficient (Wildman–Crippen LogP) is 2.77. The molecule has 2 aromatic rings. The molecular weight excluding hydrogens is 244 g/mol. The zero-order valence-electron chi connectivity index (χ0n) is 11.2. The maximum Gasteiger partial charge on any atom is 0.146 e. The monoisotopic (exact) mass is 264 g/mol. The van der Waals surface area contributed by atoms with Crippen LogP contribution in [0.3, 0.4) is 0 Å². The molecule has 1 N–H and O–H groups in total. The second-order valence-electron chi connectivity index (χ2n) is 4.29. The average molecular weight is 264 g/mol. The molecule has 4 nitrogen and oxygen atoms in total. The molecule has 2 aromatic heterocycles. The largest absolute Gasteiger partial charge is 0.317 e. The molecule has 0 radical (unpaired) electrons. The van der Waals surface area contributed by atoms with Crippen molar-refractivity contribution in [1.82, 2.24) is 20.1 Å². The van der Waals surface area contributed by atoms with Crippen molar-refractivity contribution in [1.29, 1.82) is 0 Å². The fraction of sp³-hybridized carbons (Fsp3) is 0.538. The van der Waals surface area contributed by atoms with Gasteiger partial charge in [0.15, 0.2) is 0 Å². The van der Waals surface area contributed by atoms with Crippen molar-refractivity contribution < 1.29 is 0 Å². The second kappa shape index (κ2) is 6.11. The molecule has 0 saturated carbocycles. The fourth-order valence-corrected chi connectivity index (χ4v) is 2.82. The maximum absolute atomic E-state index is 4.13. The quantitative estimate of drug-likeness (QED) is 0.872. The molecule has 18 heavy (non-hydrogen) atoms. The van der Waals surface area contributed by atoms with E-state index >= 15 is 0 Å². The van der Waals surface area contributed by atoms with Crippen LogP contribution in [0.5, 0.6) is 0 Å². The third-order valence-electron chi connectivity index (χ3n) is 3.06. The maximum atomic E-state index is 4.13. The van der Waals surface area contributed by atoms with Crippen LogP contribution in [0, 0.1) is 0 Å². The van der Waals surface area contributed by atoms with Crippen molar-refractivity contribution in [3.8, 4) is 0 Å². The van der Waals surface area contributed by atoms with Crippen molar-refractivity contribution in [3.63, 3.8) is 0 Å². The van der Waals surface area contributed by atoms with Crippen molar-refractivity contribution in [3.05, 3.63) is 34.0 Å². The second-order valence-corrected chi connectivity index (χ2v) is 5.49. The summed E-state index contributed by atoms with van der Waals surface area (Å²) >= 11 is 1.88. The first-order chi connectivity index (χ1) is 8.74. The van der Waals surface area contributed by atoms with E-state index in [2.05, 4.69) is 53.0 Å². The zero-order valence-corrected chi connectivity index (χ0v) is 12.0. The smallest absolute Gasteiger partial charge is 0.146 e. The summed E-state index contributed by atoms with van der Waals surface area (Å²) in [6.07, 6.45) is 2.89. The van der Waals surface area contributed by atoms with E-state index in [9.17, 15) is 0 Å².